The Kier molecular flexibility index (Phi) is 141. The molecule has 0 saturated heterocycles. The summed E-state index contributed by atoms with van der Waals surface area (Å²) in [6.45, 7) is 5.00. The Hall–Kier alpha value is 2.90. The molecule has 0 aliphatic rings. The van der Waals surface area contributed by atoms with Crippen molar-refractivity contribution in [2.24, 2.45) is 0 Å². The van der Waals surface area contributed by atoms with Crippen molar-refractivity contribution in [3.8, 4) is 0 Å². The Morgan fingerprint density at radius 3 is 1.00 bits per heavy atom. The molecule has 0 atom stereocenters. The number of rotatable bonds is 0. The van der Waals surface area contributed by atoms with E-state index < -0.39 is 0 Å². The second-order valence-electron chi connectivity index (χ2n) is 0. The van der Waals surface area contributed by atoms with Gasteiger partial charge in [0.15, 0.2) is 0 Å². The van der Waals surface area contributed by atoms with E-state index in [-0.39, 0.29) is 86.5 Å². The summed E-state index contributed by atoms with van der Waals surface area (Å²) in [7, 11) is 0. The Balaban J connectivity index is -0.00000000167. The fraction of sp³-hybridized carbons (Fsp3) is 0.500. The predicted octanol–water partition coefficient (Wildman–Crippen LogP) is 0.833. The maximum Gasteiger partial charge on any atom is 0 e. The van der Waals surface area contributed by atoms with Gasteiger partial charge in [0.05, 0.1) is 0 Å². The van der Waals surface area contributed by atoms with Gasteiger partial charge in [-0.25, -0.2) is 0 Å². The summed E-state index contributed by atoms with van der Waals surface area (Å²) < 4.78 is 0. The first kappa shape index (κ1) is 24.7. The van der Waals surface area contributed by atoms with Gasteiger partial charge in [-0.2, -0.15) is 6.92 Å². The summed E-state index contributed by atoms with van der Waals surface area (Å²) in [6, 6.07) is 0. The molecule has 0 bridgehead atoms. The molecule has 0 fully saturated rings. The predicted molar refractivity (Wildman–Crippen MR) is 11.0 cm³/mol. The topological polar surface area (TPSA) is 0 Å². The SMILES string of the molecule is [CH2-]C.[W].[Y].[Y]. The molecule has 5 heavy (non-hydrogen) atoms. The summed E-state index contributed by atoms with van der Waals surface area (Å²) in [5, 5.41) is 0. The van der Waals surface area contributed by atoms with Gasteiger partial charge >= 0.3 is 0 Å². The molecule has 0 aromatic rings. The quantitative estimate of drug-likeness (QED) is 0.538. The second kappa shape index (κ2) is 28.6. The molecule has 0 saturated carbocycles. The normalized spacial score (nSPS) is 1.20. The molecular weight excluding hydrogens is 386 g/mol. The minimum Gasteiger partial charge on any atom is -0.346 e. The fourth-order valence-electron chi connectivity index (χ4n) is 0. The first-order chi connectivity index (χ1) is 1.00. The van der Waals surface area contributed by atoms with Crippen LogP contribution in [0.1, 0.15) is 6.92 Å². The molecule has 0 heterocycles. The van der Waals surface area contributed by atoms with Crippen molar-refractivity contribution in [1.29, 1.82) is 0 Å². The molecule has 2 radical (unpaired) electrons. The van der Waals surface area contributed by atoms with Crippen LogP contribution in [0.25, 0.3) is 0 Å². The molecule has 0 aromatic heterocycles. The van der Waals surface area contributed by atoms with E-state index in [1.165, 1.54) is 0 Å². The van der Waals surface area contributed by atoms with Gasteiger partial charge in [0.2, 0.25) is 0 Å². The molecule has 3 heteroatoms. The standard InChI is InChI=1S/C2H5.W.2Y/c1-2;;;/h1H2,2H3;;;/q-1;;;. The van der Waals surface area contributed by atoms with E-state index in [2.05, 4.69) is 6.92 Å². The van der Waals surface area contributed by atoms with Crippen molar-refractivity contribution in [3.05, 3.63) is 6.92 Å². The first-order valence-electron chi connectivity index (χ1n) is 0.707. The Morgan fingerprint density at radius 1 is 1.00 bits per heavy atom. The summed E-state index contributed by atoms with van der Waals surface area (Å²) >= 11 is 0. The van der Waals surface area contributed by atoms with Gasteiger partial charge in [0.1, 0.15) is 0 Å². The molecule has 0 N–H and O–H groups in total. The molecule has 0 aromatic carbocycles. The van der Waals surface area contributed by atoms with Gasteiger partial charge in [-0.15, -0.1) is 0 Å². The van der Waals surface area contributed by atoms with Crippen LogP contribution >= 0.6 is 0 Å². The average molecular weight is 391 g/mol. The molecular formula is C2H5WY2-. The van der Waals surface area contributed by atoms with E-state index in [0.717, 1.165) is 0 Å². The van der Waals surface area contributed by atoms with Crippen molar-refractivity contribution >= 4 is 0 Å². The third kappa shape index (κ3) is 19.7. The first-order valence-corrected chi connectivity index (χ1v) is 0.707. The van der Waals surface area contributed by atoms with Crippen LogP contribution in [-0.4, -0.2) is 0 Å². The summed E-state index contributed by atoms with van der Waals surface area (Å²) in [4.78, 5) is 0. The van der Waals surface area contributed by atoms with Gasteiger partial charge in [0, 0.05) is 86.5 Å². The number of hydrogen-bond acceptors (Lipinski definition) is 0. The zero-order valence-corrected chi connectivity index (χ0v) is 11.9. The average Bonchev–Trinajstić information content (AvgIpc) is 1.00. The minimum absolute atomic E-state index is 0. The Bertz CT molecular complexity index is 7.61. The maximum atomic E-state index is 3.25. The van der Waals surface area contributed by atoms with Gasteiger partial charge < -0.3 is 6.92 Å². The molecule has 0 spiro atoms. The van der Waals surface area contributed by atoms with E-state index >= 15 is 0 Å². The van der Waals surface area contributed by atoms with E-state index in [9.17, 15) is 0 Å². The van der Waals surface area contributed by atoms with Crippen LogP contribution in [0.3, 0.4) is 0 Å². The molecule has 0 rings (SSSR count). The van der Waals surface area contributed by atoms with Crippen LogP contribution in [0.15, 0.2) is 0 Å². The Labute approximate surface area is 98.3 Å². The third-order valence-electron chi connectivity index (χ3n) is 0. The van der Waals surface area contributed by atoms with Crippen molar-refractivity contribution in [3.63, 3.8) is 0 Å². The zero-order chi connectivity index (χ0) is 2.00. The minimum atomic E-state index is 0. The smallest absolute Gasteiger partial charge is 0 e. The number of hydrogen-bond donors (Lipinski definition) is 0. The van der Waals surface area contributed by atoms with Gasteiger partial charge in [-0.1, -0.05) is 0 Å². The van der Waals surface area contributed by atoms with Gasteiger partial charge in [-0.3, -0.25) is 0 Å². The summed E-state index contributed by atoms with van der Waals surface area (Å²) in [5.41, 5.74) is 0. The summed E-state index contributed by atoms with van der Waals surface area (Å²) in [5.74, 6) is 0. The van der Waals surface area contributed by atoms with Crippen LogP contribution in [0.4, 0.5) is 0 Å². The maximum absolute atomic E-state index is 3.25. The van der Waals surface area contributed by atoms with Crippen LogP contribution < -0.4 is 0 Å². The van der Waals surface area contributed by atoms with E-state index in [1.807, 2.05) is 0 Å². The monoisotopic (exact) mass is 391 g/mol. The molecule has 26 valence electrons. The van der Waals surface area contributed by atoms with Crippen molar-refractivity contribution < 1.29 is 86.5 Å². The largest absolute Gasteiger partial charge is 0.346 e. The van der Waals surface area contributed by atoms with Crippen molar-refractivity contribution in [1.82, 2.24) is 0 Å². The molecule has 0 aliphatic heterocycles. The fourth-order valence-corrected chi connectivity index (χ4v) is 0. The van der Waals surface area contributed by atoms with E-state index in [0.29, 0.717) is 0 Å². The molecule has 0 amide bonds. The van der Waals surface area contributed by atoms with Crippen LogP contribution in [0.2, 0.25) is 0 Å². The van der Waals surface area contributed by atoms with Crippen LogP contribution in [-0.2, 0) is 86.5 Å². The van der Waals surface area contributed by atoms with Crippen LogP contribution in [0.5, 0.6) is 0 Å². The third-order valence-corrected chi connectivity index (χ3v) is 0. The van der Waals surface area contributed by atoms with Gasteiger partial charge in [0.25, 0.3) is 0 Å². The van der Waals surface area contributed by atoms with Crippen LogP contribution in [0, 0.1) is 6.92 Å². The summed E-state index contributed by atoms with van der Waals surface area (Å²) in [6.07, 6.45) is 0. The van der Waals surface area contributed by atoms with E-state index in [1.54, 1.807) is 6.92 Å². The van der Waals surface area contributed by atoms with Gasteiger partial charge in [-0.05, 0) is 0 Å². The van der Waals surface area contributed by atoms with Crippen molar-refractivity contribution in [2.45, 2.75) is 6.92 Å². The van der Waals surface area contributed by atoms with Crippen molar-refractivity contribution in [2.75, 3.05) is 0 Å². The second-order valence-corrected chi connectivity index (χ2v) is 0. The molecule has 0 nitrogen and oxygen atoms in total. The molecule has 0 aliphatic carbocycles. The Morgan fingerprint density at radius 2 is 1.00 bits per heavy atom. The molecule has 0 unspecified atom stereocenters. The van der Waals surface area contributed by atoms with E-state index in [4.69, 9.17) is 0 Å². The zero-order valence-electron chi connectivity index (χ0n) is 3.27.